The van der Waals surface area contributed by atoms with Gasteiger partial charge in [-0.3, -0.25) is 0 Å². The highest BCUT2D eigenvalue weighted by atomic mass is 35.5. The van der Waals surface area contributed by atoms with Crippen molar-refractivity contribution in [2.24, 2.45) is 11.1 Å². The standard InChI is InChI=1S/C24H24ClN7S/c1-2-14-3-4-15-12-24(20(26)16(15)11-14)6-9-32(10-7-24)18-13-30-23(22(28)31-18)33-17-5-8-29-21(27)19(17)25/h1,3-5,8,11,13,20H,6-7,9-10,12,26H2,(H2,27,29)(H2,28,31)/t20-/m1/s1. The van der Waals surface area contributed by atoms with Gasteiger partial charge in [-0.1, -0.05) is 35.3 Å². The van der Waals surface area contributed by atoms with Crippen LogP contribution >= 0.6 is 23.4 Å². The fourth-order valence-corrected chi connectivity index (χ4v) is 5.88. The van der Waals surface area contributed by atoms with Crippen LogP contribution in [-0.4, -0.2) is 28.0 Å². The summed E-state index contributed by atoms with van der Waals surface area (Å²) in [6.45, 7) is 1.69. The van der Waals surface area contributed by atoms with E-state index in [1.54, 1.807) is 18.5 Å². The zero-order valence-electron chi connectivity index (χ0n) is 18.0. The zero-order valence-corrected chi connectivity index (χ0v) is 19.5. The summed E-state index contributed by atoms with van der Waals surface area (Å²) < 4.78 is 0. The van der Waals surface area contributed by atoms with Crippen molar-refractivity contribution in [2.75, 3.05) is 29.5 Å². The minimum Gasteiger partial charge on any atom is -0.382 e. The molecule has 1 atom stereocenters. The van der Waals surface area contributed by atoms with E-state index in [4.69, 9.17) is 35.2 Å². The molecular formula is C24H24ClN7S. The lowest BCUT2D eigenvalue weighted by Crippen LogP contribution is -2.44. The lowest BCUT2D eigenvalue weighted by Gasteiger charge is -2.42. The number of hydrogen-bond acceptors (Lipinski definition) is 8. The number of nitrogens with zero attached hydrogens (tertiary/aromatic N) is 4. The van der Waals surface area contributed by atoms with Crippen molar-refractivity contribution in [1.29, 1.82) is 0 Å². The highest BCUT2D eigenvalue weighted by Crippen LogP contribution is 2.51. The van der Waals surface area contributed by atoms with Crippen molar-refractivity contribution in [3.05, 3.63) is 58.4 Å². The summed E-state index contributed by atoms with van der Waals surface area (Å²) in [5, 5.41) is 0.967. The Morgan fingerprint density at radius 2 is 1.94 bits per heavy atom. The Morgan fingerprint density at radius 1 is 1.15 bits per heavy atom. The maximum Gasteiger partial charge on any atom is 0.158 e. The predicted molar refractivity (Wildman–Crippen MR) is 133 cm³/mol. The number of hydrogen-bond donors (Lipinski definition) is 3. The molecule has 33 heavy (non-hydrogen) atoms. The van der Waals surface area contributed by atoms with E-state index in [0.29, 0.717) is 15.9 Å². The molecule has 1 aromatic carbocycles. The maximum absolute atomic E-state index is 6.74. The molecule has 0 saturated carbocycles. The summed E-state index contributed by atoms with van der Waals surface area (Å²) in [5.41, 5.74) is 22.2. The van der Waals surface area contributed by atoms with Gasteiger partial charge >= 0.3 is 0 Å². The van der Waals surface area contributed by atoms with E-state index >= 15 is 0 Å². The summed E-state index contributed by atoms with van der Waals surface area (Å²) in [5.74, 6) is 4.12. The first-order chi connectivity index (χ1) is 15.9. The molecule has 1 fully saturated rings. The topological polar surface area (TPSA) is 120 Å². The van der Waals surface area contributed by atoms with Gasteiger partial charge < -0.3 is 22.1 Å². The molecule has 6 N–H and O–H groups in total. The number of terminal acetylenes is 1. The quantitative estimate of drug-likeness (QED) is 0.489. The van der Waals surface area contributed by atoms with Crippen LogP contribution in [-0.2, 0) is 6.42 Å². The normalized spacial score (nSPS) is 18.8. The van der Waals surface area contributed by atoms with Crippen LogP contribution in [0.15, 0.2) is 46.6 Å². The summed E-state index contributed by atoms with van der Waals surface area (Å²) in [6, 6.07) is 7.99. The van der Waals surface area contributed by atoms with Crippen molar-refractivity contribution >= 4 is 40.8 Å². The molecule has 0 bridgehead atoms. The van der Waals surface area contributed by atoms with Crippen molar-refractivity contribution in [3.63, 3.8) is 0 Å². The second-order valence-electron chi connectivity index (χ2n) is 8.59. The van der Waals surface area contributed by atoms with E-state index in [0.717, 1.165) is 48.6 Å². The van der Waals surface area contributed by atoms with Gasteiger partial charge in [0.2, 0.25) is 0 Å². The summed E-state index contributed by atoms with van der Waals surface area (Å²) in [7, 11) is 0. The third-order valence-corrected chi connectivity index (χ3v) is 8.35. The molecule has 3 aromatic rings. The molecular weight excluding hydrogens is 454 g/mol. The Bertz CT molecular complexity index is 1260. The summed E-state index contributed by atoms with van der Waals surface area (Å²) >= 11 is 7.57. The smallest absolute Gasteiger partial charge is 0.158 e. The molecule has 0 radical (unpaired) electrons. The second-order valence-corrected chi connectivity index (χ2v) is 10.00. The number of nitrogen functional groups attached to an aromatic ring is 2. The monoisotopic (exact) mass is 477 g/mol. The average molecular weight is 478 g/mol. The van der Waals surface area contributed by atoms with Gasteiger partial charge in [0.25, 0.3) is 0 Å². The van der Waals surface area contributed by atoms with Crippen molar-refractivity contribution < 1.29 is 0 Å². The van der Waals surface area contributed by atoms with Crippen molar-refractivity contribution in [2.45, 2.75) is 35.2 Å². The number of aromatic nitrogens is 3. The number of nitrogens with two attached hydrogens (primary N) is 3. The number of halogens is 1. The average Bonchev–Trinajstić information content (AvgIpc) is 3.09. The SMILES string of the molecule is C#Cc1ccc2c(c1)[C@@H](N)C1(CCN(c3cnc(Sc4ccnc(N)c4Cl)c(N)n3)CC1)C2. The van der Waals surface area contributed by atoms with Crippen molar-refractivity contribution in [1.82, 2.24) is 15.0 Å². The second kappa shape index (κ2) is 8.41. The lowest BCUT2D eigenvalue weighted by molar-refractivity contribution is 0.187. The number of pyridine rings is 1. The largest absolute Gasteiger partial charge is 0.382 e. The van der Waals surface area contributed by atoms with Crippen LogP contribution < -0.4 is 22.1 Å². The first-order valence-corrected chi connectivity index (χ1v) is 11.9. The molecule has 1 saturated heterocycles. The Balaban J connectivity index is 1.29. The molecule has 1 aliphatic carbocycles. The number of anilines is 3. The fourth-order valence-electron chi connectivity index (χ4n) is 4.86. The van der Waals surface area contributed by atoms with E-state index in [-0.39, 0.29) is 17.3 Å². The van der Waals surface area contributed by atoms with Crippen LogP contribution in [0.4, 0.5) is 17.5 Å². The van der Waals surface area contributed by atoms with Gasteiger partial charge in [0, 0.05) is 35.8 Å². The summed E-state index contributed by atoms with van der Waals surface area (Å²) in [4.78, 5) is 16.1. The van der Waals surface area contributed by atoms with Crippen LogP contribution in [0.3, 0.4) is 0 Å². The van der Waals surface area contributed by atoms with Crippen LogP contribution in [0.25, 0.3) is 0 Å². The first-order valence-electron chi connectivity index (χ1n) is 10.7. The Labute approximate surface area is 202 Å². The molecule has 3 heterocycles. The summed E-state index contributed by atoms with van der Waals surface area (Å²) in [6.07, 6.45) is 11.9. The first kappa shape index (κ1) is 21.8. The molecule has 2 aromatic heterocycles. The Kier molecular flexibility index (Phi) is 5.57. The van der Waals surface area contributed by atoms with Gasteiger partial charge in [-0.05, 0) is 54.0 Å². The third kappa shape index (κ3) is 3.86. The number of fused-ring (bicyclic) bond motifs is 1. The maximum atomic E-state index is 6.74. The molecule has 168 valence electrons. The van der Waals surface area contributed by atoms with E-state index in [9.17, 15) is 0 Å². The zero-order chi connectivity index (χ0) is 23.2. The van der Waals surface area contributed by atoms with Crippen LogP contribution in [0.5, 0.6) is 0 Å². The molecule has 2 aliphatic rings. The lowest BCUT2D eigenvalue weighted by atomic mass is 9.73. The van der Waals surface area contributed by atoms with Gasteiger partial charge in [-0.25, -0.2) is 15.0 Å². The van der Waals surface area contributed by atoms with Gasteiger partial charge in [0.15, 0.2) is 5.82 Å². The van der Waals surface area contributed by atoms with Crippen LogP contribution in [0.2, 0.25) is 5.02 Å². The Morgan fingerprint density at radius 3 is 2.67 bits per heavy atom. The Hall–Kier alpha value is -2.99. The molecule has 5 rings (SSSR count). The number of piperidine rings is 1. The van der Waals surface area contributed by atoms with Gasteiger partial charge in [0.05, 0.1) is 11.2 Å². The predicted octanol–water partition coefficient (Wildman–Crippen LogP) is 3.66. The third-order valence-electron chi connectivity index (χ3n) is 6.77. The minimum absolute atomic E-state index is 0.00423. The molecule has 9 heteroatoms. The fraction of sp³-hybridized carbons (Fsp3) is 0.292. The number of rotatable bonds is 3. The molecule has 1 spiro atoms. The molecule has 1 aliphatic heterocycles. The van der Waals surface area contributed by atoms with Gasteiger partial charge in [0.1, 0.15) is 16.7 Å². The van der Waals surface area contributed by atoms with E-state index in [2.05, 4.69) is 37.9 Å². The van der Waals surface area contributed by atoms with E-state index in [1.807, 2.05) is 6.07 Å². The molecule has 0 amide bonds. The van der Waals surface area contributed by atoms with Crippen LogP contribution in [0, 0.1) is 17.8 Å². The number of benzene rings is 1. The van der Waals surface area contributed by atoms with Crippen molar-refractivity contribution in [3.8, 4) is 12.3 Å². The highest BCUT2D eigenvalue weighted by molar-refractivity contribution is 7.99. The van der Waals surface area contributed by atoms with Gasteiger partial charge in [-0.15, -0.1) is 6.42 Å². The van der Waals surface area contributed by atoms with E-state index < -0.39 is 0 Å². The van der Waals surface area contributed by atoms with Gasteiger partial charge in [-0.2, -0.15) is 0 Å². The molecule has 0 unspecified atom stereocenters. The highest BCUT2D eigenvalue weighted by Gasteiger charge is 2.46. The van der Waals surface area contributed by atoms with Crippen LogP contribution in [0.1, 0.15) is 35.6 Å². The van der Waals surface area contributed by atoms with E-state index in [1.165, 1.54) is 22.9 Å². The molecule has 7 nitrogen and oxygen atoms in total. The minimum atomic E-state index is -0.00423.